The minimum absolute atomic E-state index is 0.614. The minimum atomic E-state index is 0.614. The van der Waals surface area contributed by atoms with Gasteiger partial charge in [-0.05, 0) is 41.1 Å². The molecule has 0 saturated carbocycles. The van der Waals surface area contributed by atoms with Crippen molar-refractivity contribution in [2.24, 2.45) is 5.73 Å². The molecule has 1 aromatic heterocycles. The van der Waals surface area contributed by atoms with Crippen molar-refractivity contribution in [1.29, 1.82) is 0 Å². The van der Waals surface area contributed by atoms with Crippen LogP contribution in [0.1, 0.15) is 5.82 Å². The summed E-state index contributed by atoms with van der Waals surface area (Å²) in [5.74, 6) is 1.79. The quantitative estimate of drug-likeness (QED) is 0.944. The first-order valence-electron chi connectivity index (χ1n) is 5.73. The van der Waals surface area contributed by atoms with Gasteiger partial charge in [0.25, 0.3) is 0 Å². The summed E-state index contributed by atoms with van der Waals surface area (Å²) in [6.07, 6.45) is 2.02. The van der Waals surface area contributed by atoms with Gasteiger partial charge in [0, 0.05) is 24.8 Å². The van der Waals surface area contributed by atoms with Crippen LogP contribution >= 0.6 is 15.9 Å². The van der Waals surface area contributed by atoms with Gasteiger partial charge in [0.1, 0.15) is 11.6 Å². The summed E-state index contributed by atoms with van der Waals surface area (Å²) < 4.78 is 8.20. The van der Waals surface area contributed by atoms with Crippen LogP contribution in [0, 0.1) is 6.92 Å². The molecule has 0 radical (unpaired) electrons. The molecule has 2 N–H and O–H groups in total. The third-order valence-electron chi connectivity index (χ3n) is 2.79. The predicted molar refractivity (Wildman–Crippen MR) is 75.7 cm³/mol. The Bertz CT molecular complexity index is 551. The Balaban J connectivity index is 2.36. The number of hydrogen-bond donors (Lipinski definition) is 1. The van der Waals surface area contributed by atoms with E-state index in [4.69, 9.17) is 10.5 Å². The van der Waals surface area contributed by atoms with Crippen LogP contribution in [0.4, 0.5) is 0 Å². The molecule has 0 atom stereocenters. The molecular formula is C13H16BrN3O. The second kappa shape index (κ2) is 5.54. The maximum Gasteiger partial charge on any atom is 0.133 e. The Labute approximate surface area is 115 Å². The molecule has 0 fully saturated rings. The second-order valence-corrected chi connectivity index (χ2v) is 4.86. The number of aryl methyl sites for hydroxylation is 1. The van der Waals surface area contributed by atoms with Crippen LogP contribution in [0.5, 0.6) is 5.75 Å². The van der Waals surface area contributed by atoms with Crippen molar-refractivity contribution in [3.05, 3.63) is 34.7 Å². The molecule has 0 aliphatic heterocycles. The summed E-state index contributed by atoms with van der Waals surface area (Å²) in [6.45, 7) is 3.39. The highest BCUT2D eigenvalue weighted by molar-refractivity contribution is 9.10. The molecule has 1 aromatic carbocycles. The van der Waals surface area contributed by atoms with Gasteiger partial charge in [-0.25, -0.2) is 4.98 Å². The molecule has 1 heterocycles. The fourth-order valence-electron chi connectivity index (χ4n) is 1.84. The van der Waals surface area contributed by atoms with Gasteiger partial charge in [0.2, 0.25) is 0 Å². The van der Waals surface area contributed by atoms with Gasteiger partial charge in [0.05, 0.1) is 17.3 Å². The van der Waals surface area contributed by atoms with Crippen molar-refractivity contribution in [2.45, 2.75) is 13.5 Å². The molecule has 96 valence electrons. The monoisotopic (exact) mass is 309 g/mol. The molecule has 5 heteroatoms. The predicted octanol–water partition coefficient (Wildman–Crippen LogP) is 2.59. The number of ether oxygens (including phenoxy) is 1. The fourth-order valence-corrected chi connectivity index (χ4v) is 2.38. The van der Waals surface area contributed by atoms with Crippen molar-refractivity contribution in [3.63, 3.8) is 0 Å². The van der Waals surface area contributed by atoms with Crippen LogP contribution in [0.2, 0.25) is 0 Å². The first-order valence-corrected chi connectivity index (χ1v) is 6.52. The van der Waals surface area contributed by atoms with Crippen LogP contribution in [0.25, 0.3) is 11.3 Å². The van der Waals surface area contributed by atoms with Gasteiger partial charge in [-0.1, -0.05) is 0 Å². The Kier molecular flexibility index (Phi) is 4.04. The number of nitrogens with two attached hydrogens (primary N) is 1. The van der Waals surface area contributed by atoms with E-state index in [2.05, 4.69) is 25.5 Å². The molecule has 0 saturated heterocycles. The van der Waals surface area contributed by atoms with Gasteiger partial charge in [-0.3, -0.25) is 0 Å². The highest BCUT2D eigenvalue weighted by Crippen LogP contribution is 2.30. The normalized spacial score (nSPS) is 10.7. The molecular weight excluding hydrogens is 294 g/mol. The lowest BCUT2D eigenvalue weighted by molar-refractivity contribution is 0.412. The van der Waals surface area contributed by atoms with E-state index in [1.54, 1.807) is 7.11 Å². The first-order chi connectivity index (χ1) is 8.65. The average molecular weight is 310 g/mol. The Morgan fingerprint density at radius 2 is 2.22 bits per heavy atom. The molecule has 0 aliphatic carbocycles. The number of imidazole rings is 1. The zero-order valence-corrected chi connectivity index (χ0v) is 12.1. The summed E-state index contributed by atoms with van der Waals surface area (Å²) in [4.78, 5) is 4.54. The van der Waals surface area contributed by atoms with Crippen molar-refractivity contribution >= 4 is 15.9 Å². The van der Waals surface area contributed by atoms with E-state index in [1.807, 2.05) is 31.3 Å². The van der Waals surface area contributed by atoms with Crippen LogP contribution < -0.4 is 10.5 Å². The van der Waals surface area contributed by atoms with Gasteiger partial charge >= 0.3 is 0 Å². The van der Waals surface area contributed by atoms with Crippen LogP contribution in [-0.4, -0.2) is 23.2 Å². The van der Waals surface area contributed by atoms with Crippen LogP contribution in [0.15, 0.2) is 28.9 Å². The summed E-state index contributed by atoms with van der Waals surface area (Å²) in [6, 6.07) is 5.93. The van der Waals surface area contributed by atoms with E-state index >= 15 is 0 Å². The van der Waals surface area contributed by atoms with E-state index in [9.17, 15) is 0 Å². The number of hydrogen-bond acceptors (Lipinski definition) is 3. The molecule has 4 nitrogen and oxygen atoms in total. The Morgan fingerprint density at radius 3 is 2.83 bits per heavy atom. The van der Waals surface area contributed by atoms with Gasteiger partial charge in [0.15, 0.2) is 0 Å². The number of methoxy groups -OCH3 is 1. The van der Waals surface area contributed by atoms with Crippen molar-refractivity contribution in [1.82, 2.24) is 9.55 Å². The number of benzene rings is 1. The summed E-state index contributed by atoms with van der Waals surface area (Å²) >= 11 is 3.48. The van der Waals surface area contributed by atoms with E-state index in [-0.39, 0.29) is 0 Å². The molecule has 2 rings (SSSR count). The maximum absolute atomic E-state index is 5.57. The zero-order valence-electron chi connectivity index (χ0n) is 10.5. The zero-order chi connectivity index (χ0) is 13.1. The number of nitrogens with zero attached hydrogens (tertiary/aromatic N) is 2. The van der Waals surface area contributed by atoms with Gasteiger partial charge < -0.3 is 15.0 Å². The third kappa shape index (κ3) is 2.57. The van der Waals surface area contributed by atoms with Crippen LogP contribution in [-0.2, 0) is 6.54 Å². The Morgan fingerprint density at radius 1 is 1.44 bits per heavy atom. The lowest BCUT2D eigenvalue weighted by atomic mass is 10.1. The molecule has 0 unspecified atom stereocenters. The molecule has 0 bridgehead atoms. The molecule has 0 spiro atoms. The number of aromatic nitrogens is 2. The third-order valence-corrected chi connectivity index (χ3v) is 3.41. The highest BCUT2D eigenvalue weighted by atomic mass is 79.9. The molecule has 0 amide bonds. The average Bonchev–Trinajstić information content (AvgIpc) is 2.71. The Hall–Kier alpha value is -1.33. The summed E-state index contributed by atoms with van der Waals surface area (Å²) in [7, 11) is 1.65. The van der Waals surface area contributed by atoms with E-state index in [0.29, 0.717) is 6.54 Å². The van der Waals surface area contributed by atoms with Gasteiger partial charge in [-0.15, -0.1) is 0 Å². The summed E-state index contributed by atoms with van der Waals surface area (Å²) in [5, 5.41) is 0. The standard InChI is InChI=1S/C13H16BrN3O/c1-9-16-12(8-17(9)6-5-15)10-3-4-13(18-2)11(14)7-10/h3-4,7-8H,5-6,15H2,1-2H3. The molecule has 2 aromatic rings. The van der Waals surface area contributed by atoms with Gasteiger partial charge in [-0.2, -0.15) is 0 Å². The van der Waals surface area contributed by atoms with E-state index < -0.39 is 0 Å². The molecule has 18 heavy (non-hydrogen) atoms. The molecule has 0 aliphatic rings. The SMILES string of the molecule is COc1ccc(-c2cn(CCN)c(C)n2)cc1Br. The van der Waals surface area contributed by atoms with E-state index in [0.717, 1.165) is 33.8 Å². The smallest absolute Gasteiger partial charge is 0.133 e. The van der Waals surface area contributed by atoms with E-state index in [1.165, 1.54) is 0 Å². The fraction of sp³-hybridized carbons (Fsp3) is 0.308. The first kappa shape index (κ1) is 13.1. The number of halogens is 1. The van der Waals surface area contributed by atoms with Crippen molar-refractivity contribution in [3.8, 4) is 17.0 Å². The summed E-state index contributed by atoms with van der Waals surface area (Å²) in [5.41, 5.74) is 7.57. The topological polar surface area (TPSA) is 53.1 Å². The van der Waals surface area contributed by atoms with Crippen molar-refractivity contribution < 1.29 is 4.74 Å². The second-order valence-electron chi connectivity index (χ2n) is 4.00. The maximum atomic E-state index is 5.57. The largest absolute Gasteiger partial charge is 0.496 e. The van der Waals surface area contributed by atoms with Crippen LogP contribution in [0.3, 0.4) is 0 Å². The lowest BCUT2D eigenvalue weighted by Gasteiger charge is -2.04. The van der Waals surface area contributed by atoms with Crippen molar-refractivity contribution in [2.75, 3.05) is 13.7 Å². The highest BCUT2D eigenvalue weighted by Gasteiger charge is 2.08. The minimum Gasteiger partial charge on any atom is -0.496 e. The lowest BCUT2D eigenvalue weighted by Crippen LogP contribution is -2.10. The number of rotatable bonds is 4.